The van der Waals surface area contributed by atoms with Crippen LogP contribution in [0, 0.1) is 6.92 Å². The number of Topliss-reactive ketones (excluding diaryl/α,β-unsaturated/α-hetero) is 1. The van der Waals surface area contributed by atoms with Crippen LogP contribution < -0.4 is 5.56 Å². The Morgan fingerprint density at radius 1 is 1.17 bits per heavy atom. The summed E-state index contributed by atoms with van der Waals surface area (Å²) in [4.78, 5) is 35.6. The number of carbonyl (C=O) groups excluding carboxylic acids is 1. The Balaban J connectivity index is 1.60. The molecule has 2 aromatic carbocycles. The molecule has 7 heteroatoms. The van der Waals surface area contributed by atoms with E-state index in [0.29, 0.717) is 15.8 Å². The van der Waals surface area contributed by atoms with E-state index in [1.807, 2.05) is 55.5 Å². The van der Waals surface area contributed by atoms with Gasteiger partial charge in [-0.3, -0.25) is 14.2 Å². The summed E-state index contributed by atoms with van der Waals surface area (Å²) in [5.74, 6) is -0.132. The van der Waals surface area contributed by atoms with Crippen molar-refractivity contribution >= 4 is 54.2 Å². The van der Waals surface area contributed by atoms with Crippen LogP contribution in [-0.2, 0) is 6.54 Å². The zero-order chi connectivity index (χ0) is 20.8. The van der Waals surface area contributed by atoms with Crippen molar-refractivity contribution in [2.75, 3.05) is 0 Å². The molecule has 3 aromatic heterocycles. The molecule has 0 unspecified atom stereocenters. The number of nitrogens with one attached hydrogen (secondary N) is 1. The molecule has 0 saturated carbocycles. The van der Waals surface area contributed by atoms with Crippen molar-refractivity contribution in [3.05, 3.63) is 86.3 Å². The van der Waals surface area contributed by atoms with Crippen LogP contribution in [0.4, 0.5) is 0 Å². The SMILES string of the molecule is Cc1sc2ncn(CC(=O)c3c[nH]c4ccccc34)c(=O)c2c1-c1ccc(Br)cc1. The maximum Gasteiger partial charge on any atom is 0.263 e. The van der Waals surface area contributed by atoms with Gasteiger partial charge in [0.1, 0.15) is 4.83 Å². The van der Waals surface area contributed by atoms with E-state index in [-0.39, 0.29) is 17.9 Å². The lowest BCUT2D eigenvalue weighted by atomic mass is 10.0. The van der Waals surface area contributed by atoms with Crippen molar-refractivity contribution in [2.45, 2.75) is 13.5 Å². The normalized spacial score (nSPS) is 11.4. The van der Waals surface area contributed by atoms with Gasteiger partial charge in [0.15, 0.2) is 5.78 Å². The average Bonchev–Trinajstić information content (AvgIpc) is 3.32. The molecule has 0 atom stereocenters. The van der Waals surface area contributed by atoms with Crippen molar-refractivity contribution < 1.29 is 4.79 Å². The Bertz CT molecular complexity index is 1480. The predicted octanol–water partition coefficient (Wildman–Crippen LogP) is 5.56. The largest absolute Gasteiger partial charge is 0.360 e. The van der Waals surface area contributed by atoms with Crippen LogP contribution in [0.1, 0.15) is 15.2 Å². The summed E-state index contributed by atoms with van der Waals surface area (Å²) in [6.45, 7) is 1.93. The number of thiophene rings is 1. The zero-order valence-corrected chi connectivity index (χ0v) is 18.4. The van der Waals surface area contributed by atoms with Gasteiger partial charge in [-0.15, -0.1) is 11.3 Å². The standard InChI is InChI=1S/C23H16BrN3O2S/c1-13-20(14-6-8-15(24)9-7-14)21-22(30-13)26-12-27(23(21)29)11-19(28)17-10-25-18-5-3-2-4-16(17)18/h2-10,12,25H,11H2,1H3. The van der Waals surface area contributed by atoms with Crippen LogP contribution in [0.3, 0.4) is 0 Å². The van der Waals surface area contributed by atoms with Gasteiger partial charge in [0, 0.05) is 37.6 Å². The molecule has 0 saturated heterocycles. The molecule has 0 spiro atoms. The van der Waals surface area contributed by atoms with Crippen LogP contribution in [-0.4, -0.2) is 20.3 Å². The molecule has 0 aliphatic heterocycles. The number of fused-ring (bicyclic) bond motifs is 2. The summed E-state index contributed by atoms with van der Waals surface area (Å²) < 4.78 is 2.38. The number of para-hydroxylation sites is 1. The average molecular weight is 478 g/mol. The molecule has 5 rings (SSSR count). The summed E-state index contributed by atoms with van der Waals surface area (Å²) in [6.07, 6.45) is 3.17. The number of H-pyrrole nitrogens is 1. The Kier molecular flexibility index (Phi) is 4.64. The fourth-order valence-corrected chi connectivity index (χ4v) is 5.02. The predicted molar refractivity (Wildman–Crippen MR) is 124 cm³/mol. The number of aromatic amines is 1. The highest BCUT2D eigenvalue weighted by Gasteiger charge is 2.19. The number of halogens is 1. The van der Waals surface area contributed by atoms with E-state index in [0.717, 1.165) is 31.4 Å². The number of rotatable bonds is 4. The maximum absolute atomic E-state index is 13.3. The molecule has 30 heavy (non-hydrogen) atoms. The van der Waals surface area contributed by atoms with Gasteiger partial charge in [-0.05, 0) is 30.7 Å². The van der Waals surface area contributed by atoms with Crippen LogP contribution in [0.5, 0.6) is 0 Å². The number of benzene rings is 2. The van der Waals surface area contributed by atoms with E-state index >= 15 is 0 Å². The molecule has 0 amide bonds. The lowest BCUT2D eigenvalue weighted by molar-refractivity contribution is 0.0972. The van der Waals surface area contributed by atoms with Gasteiger partial charge < -0.3 is 4.98 Å². The molecule has 5 nitrogen and oxygen atoms in total. The Morgan fingerprint density at radius 3 is 2.73 bits per heavy atom. The fourth-order valence-electron chi connectivity index (χ4n) is 3.76. The molecule has 0 aliphatic rings. The number of hydrogen-bond donors (Lipinski definition) is 1. The highest BCUT2D eigenvalue weighted by molar-refractivity contribution is 9.10. The first-order valence-electron chi connectivity index (χ1n) is 9.36. The van der Waals surface area contributed by atoms with Crippen molar-refractivity contribution in [1.29, 1.82) is 0 Å². The number of carbonyl (C=O) groups is 1. The summed E-state index contributed by atoms with van der Waals surface area (Å²) >= 11 is 4.94. The number of aryl methyl sites for hydroxylation is 1. The lowest BCUT2D eigenvalue weighted by Crippen LogP contribution is -2.24. The van der Waals surface area contributed by atoms with Gasteiger partial charge in [-0.2, -0.15) is 0 Å². The first kappa shape index (κ1) is 19.0. The van der Waals surface area contributed by atoms with Gasteiger partial charge in [0.2, 0.25) is 0 Å². The van der Waals surface area contributed by atoms with Crippen molar-refractivity contribution in [3.63, 3.8) is 0 Å². The minimum atomic E-state index is -0.199. The Labute approximate surface area is 184 Å². The number of hydrogen-bond acceptors (Lipinski definition) is 4. The van der Waals surface area contributed by atoms with Crippen molar-refractivity contribution in [3.8, 4) is 11.1 Å². The van der Waals surface area contributed by atoms with E-state index in [2.05, 4.69) is 25.9 Å². The van der Waals surface area contributed by atoms with E-state index in [1.54, 1.807) is 6.20 Å². The van der Waals surface area contributed by atoms with E-state index in [1.165, 1.54) is 22.2 Å². The smallest absolute Gasteiger partial charge is 0.263 e. The summed E-state index contributed by atoms with van der Waals surface area (Å²) in [5.41, 5.74) is 3.12. The second-order valence-electron chi connectivity index (χ2n) is 7.07. The number of ketones is 1. The third-order valence-electron chi connectivity index (χ3n) is 5.19. The first-order chi connectivity index (χ1) is 14.5. The second kappa shape index (κ2) is 7.34. The van der Waals surface area contributed by atoms with E-state index in [9.17, 15) is 9.59 Å². The number of aromatic nitrogens is 3. The quantitative estimate of drug-likeness (QED) is 0.344. The maximum atomic E-state index is 13.3. The van der Waals surface area contributed by atoms with Crippen molar-refractivity contribution in [1.82, 2.24) is 14.5 Å². The Hall–Kier alpha value is -3.03. The third-order valence-corrected chi connectivity index (χ3v) is 6.73. The summed E-state index contributed by atoms with van der Waals surface area (Å²) in [7, 11) is 0. The third kappa shape index (κ3) is 3.11. The van der Waals surface area contributed by atoms with Crippen LogP contribution in [0.25, 0.3) is 32.2 Å². The minimum absolute atomic E-state index is 0.0572. The van der Waals surface area contributed by atoms with Gasteiger partial charge in [-0.25, -0.2) is 4.98 Å². The topological polar surface area (TPSA) is 67.8 Å². The fraction of sp³-hybridized carbons (Fsp3) is 0.0870. The highest BCUT2D eigenvalue weighted by atomic mass is 79.9. The van der Waals surface area contributed by atoms with Crippen LogP contribution in [0.2, 0.25) is 0 Å². The second-order valence-corrected chi connectivity index (χ2v) is 9.19. The molecular weight excluding hydrogens is 462 g/mol. The van der Waals surface area contributed by atoms with Gasteiger partial charge in [-0.1, -0.05) is 46.3 Å². The first-order valence-corrected chi connectivity index (χ1v) is 11.0. The Morgan fingerprint density at radius 2 is 1.93 bits per heavy atom. The molecule has 148 valence electrons. The number of nitrogens with zero attached hydrogens (tertiary/aromatic N) is 2. The molecule has 1 N–H and O–H groups in total. The molecule has 0 aliphatic carbocycles. The molecule has 0 fully saturated rings. The van der Waals surface area contributed by atoms with Crippen LogP contribution in [0.15, 0.2) is 70.3 Å². The van der Waals surface area contributed by atoms with Crippen LogP contribution >= 0.6 is 27.3 Å². The zero-order valence-electron chi connectivity index (χ0n) is 16.0. The molecule has 3 heterocycles. The molecule has 5 aromatic rings. The van der Waals surface area contributed by atoms with Gasteiger partial charge in [0.25, 0.3) is 5.56 Å². The highest BCUT2D eigenvalue weighted by Crippen LogP contribution is 2.35. The molecule has 0 radical (unpaired) electrons. The summed E-state index contributed by atoms with van der Waals surface area (Å²) in [5, 5.41) is 1.42. The van der Waals surface area contributed by atoms with E-state index < -0.39 is 0 Å². The molecule has 0 bridgehead atoms. The minimum Gasteiger partial charge on any atom is -0.360 e. The monoisotopic (exact) mass is 477 g/mol. The van der Waals surface area contributed by atoms with Crippen molar-refractivity contribution in [2.24, 2.45) is 0 Å². The van der Waals surface area contributed by atoms with Gasteiger partial charge >= 0.3 is 0 Å². The lowest BCUT2D eigenvalue weighted by Gasteiger charge is -2.06. The van der Waals surface area contributed by atoms with E-state index in [4.69, 9.17) is 0 Å². The summed E-state index contributed by atoms with van der Waals surface area (Å²) in [6, 6.07) is 15.5. The van der Waals surface area contributed by atoms with Gasteiger partial charge in [0.05, 0.1) is 18.3 Å². The molecular formula is C23H16BrN3O2S.